The van der Waals surface area contributed by atoms with E-state index in [0.29, 0.717) is 0 Å². The molecule has 1 aromatic heterocycles. The number of hydrogen-bond acceptors (Lipinski definition) is 3. The Hall–Kier alpha value is -1.38. The highest BCUT2D eigenvalue weighted by Crippen LogP contribution is 1.97. The van der Waals surface area contributed by atoms with Crippen LogP contribution in [0.25, 0.3) is 0 Å². The number of hydrogen-bond donors (Lipinski definition) is 1. The molecule has 46 valence electrons. The molecule has 0 saturated heterocycles. The molecule has 1 aromatic rings. The molecule has 0 aliphatic carbocycles. The average Bonchev–Trinajstić information content (AvgIpc) is 1.97. The van der Waals surface area contributed by atoms with Crippen LogP contribution in [-0.2, 0) is 0 Å². The molecule has 1 rings (SSSR count). The van der Waals surface area contributed by atoms with Crippen molar-refractivity contribution in [3.8, 4) is 5.75 Å². The Morgan fingerprint density at radius 3 is 3.11 bits per heavy atom. The smallest absolute Gasteiger partial charge is 0.506 e. The molecule has 0 spiro atoms. The fourth-order valence-corrected chi connectivity index (χ4v) is 0.445. The van der Waals surface area contributed by atoms with E-state index < -0.39 is 0 Å². The molecule has 1 N–H and O–H groups in total. The maximum atomic E-state index is 10.4. The topological polar surface area (TPSA) is 50.2 Å². The SMILES string of the molecule is O=c1cccc(O)cn1.[H+]. The molecule has 0 radical (unpaired) electrons. The predicted molar refractivity (Wildman–Crippen MR) is 33.3 cm³/mol. The van der Waals surface area contributed by atoms with Gasteiger partial charge < -0.3 is 5.11 Å². The van der Waals surface area contributed by atoms with Crippen LogP contribution in [0.15, 0.2) is 29.2 Å². The molecule has 0 saturated carbocycles. The Labute approximate surface area is 53.1 Å². The van der Waals surface area contributed by atoms with E-state index in [1.54, 1.807) is 0 Å². The summed E-state index contributed by atoms with van der Waals surface area (Å²) in [7, 11) is 0. The molecule has 0 aromatic carbocycles. The lowest BCUT2D eigenvalue weighted by Gasteiger charge is -1.74. The highest BCUT2D eigenvalue weighted by Gasteiger charge is 1.80. The Morgan fingerprint density at radius 1 is 1.56 bits per heavy atom. The van der Waals surface area contributed by atoms with Gasteiger partial charge in [0.25, 0.3) is 5.56 Å². The van der Waals surface area contributed by atoms with E-state index in [1.165, 1.54) is 18.2 Å². The van der Waals surface area contributed by atoms with Crippen LogP contribution in [0.5, 0.6) is 5.75 Å². The minimum atomic E-state index is -0.352. The molecular formula is C6H6NO2+. The van der Waals surface area contributed by atoms with Gasteiger partial charge in [0.15, 0.2) is 0 Å². The lowest BCUT2D eigenvalue weighted by Crippen LogP contribution is -1.96. The molecule has 0 atom stereocenters. The number of rotatable bonds is 0. The fourth-order valence-electron chi connectivity index (χ4n) is 0.445. The largest absolute Gasteiger partial charge is 1.00 e. The Bertz CT molecular complexity index is 264. The van der Waals surface area contributed by atoms with Crippen molar-refractivity contribution in [2.45, 2.75) is 0 Å². The summed E-state index contributed by atoms with van der Waals surface area (Å²) in [6, 6.07) is 4.12. The second-order valence-corrected chi connectivity index (χ2v) is 1.55. The number of aromatic hydroxyl groups is 1. The molecule has 9 heavy (non-hydrogen) atoms. The van der Waals surface area contributed by atoms with Crippen LogP contribution >= 0.6 is 0 Å². The second kappa shape index (κ2) is 2.26. The van der Waals surface area contributed by atoms with E-state index in [4.69, 9.17) is 5.11 Å². The molecule has 0 unspecified atom stereocenters. The fraction of sp³-hybridized carbons (Fsp3) is 0. The van der Waals surface area contributed by atoms with Gasteiger partial charge in [0.2, 0.25) is 0 Å². The van der Waals surface area contributed by atoms with E-state index >= 15 is 0 Å². The molecule has 0 aliphatic rings. The average molecular weight is 124 g/mol. The van der Waals surface area contributed by atoms with E-state index in [9.17, 15) is 4.79 Å². The first-order chi connectivity index (χ1) is 4.29. The zero-order valence-electron chi connectivity index (χ0n) is 5.61. The van der Waals surface area contributed by atoms with Gasteiger partial charge in [-0.1, -0.05) is 6.07 Å². The van der Waals surface area contributed by atoms with Gasteiger partial charge in [0.1, 0.15) is 5.75 Å². The van der Waals surface area contributed by atoms with Gasteiger partial charge in [-0.2, -0.15) is 0 Å². The van der Waals surface area contributed by atoms with E-state index in [0.717, 1.165) is 6.20 Å². The summed E-state index contributed by atoms with van der Waals surface area (Å²) in [5.74, 6) is -0.00269. The first-order valence-corrected chi connectivity index (χ1v) is 2.44. The summed E-state index contributed by atoms with van der Waals surface area (Å²) >= 11 is 0. The quantitative estimate of drug-likeness (QED) is 0.539. The number of aromatic nitrogens is 1. The van der Waals surface area contributed by atoms with Gasteiger partial charge in [-0.3, -0.25) is 4.79 Å². The van der Waals surface area contributed by atoms with Crippen LogP contribution in [0.4, 0.5) is 0 Å². The lowest BCUT2D eigenvalue weighted by atomic mass is 10.5. The van der Waals surface area contributed by atoms with E-state index in [1.807, 2.05) is 0 Å². The van der Waals surface area contributed by atoms with Crippen LogP contribution < -0.4 is 5.56 Å². The molecule has 0 bridgehead atoms. The second-order valence-electron chi connectivity index (χ2n) is 1.55. The van der Waals surface area contributed by atoms with Gasteiger partial charge in [0, 0.05) is 6.07 Å². The van der Waals surface area contributed by atoms with Gasteiger partial charge >= 0.3 is 1.43 Å². The van der Waals surface area contributed by atoms with Crippen molar-refractivity contribution in [1.29, 1.82) is 0 Å². The van der Waals surface area contributed by atoms with E-state index in [2.05, 4.69) is 4.98 Å². The van der Waals surface area contributed by atoms with Crippen LogP contribution in [0.1, 0.15) is 1.43 Å². The molecule has 3 heteroatoms. The molecule has 0 fully saturated rings. The third-order valence-electron chi connectivity index (χ3n) is 0.830. The minimum Gasteiger partial charge on any atom is -0.506 e. The van der Waals surface area contributed by atoms with Crippen molar-refractivity contribution in [1.82, 2.24) is 4.98 Å². The Morgan fingerprint density at radius 2 is 2.33 bits per heavy atom. The predicted octanol–water partition coefficient (Wildman–Crippen LogP) is 0.260. The van der Waals surface area contributed by atoms with Gasteiger partial charge in [0.05, 0.1) is 6.20 Å². The summed E-state index contributed by atoms with van der Waals surface area (Å²) in [5.41, 5.74) is -0.352. The maximum Gasteiger partial charge on any atom is 1.00 e. The maximum absolute atomic E-state index is 10.4. The summed E-state index contributed by atoms with van der Waals surface area (Å²) in [6.45, 7) is 0. The highest BCUT2D eigenvalue weighted by atomic mass is 16.3. The Kier molecular flexibility index (Phi) is 1.44. The summed E-state index contributed by atoms with van der Waals surface area (Å²) in [6.07, 6.45) is 1.11. The first-order valence-electron chi connectivity index (χ1n) is 2.44. The zero-order chi connectivity index (χ0) is 6.69. The summed E-state index contributed by atoms with van der Waals surface area (Å²) in [5, 5.41) is 8.72. The third kappa shape index (κ3) is 1.53. The van der Waals surface area contributed by atoms with Gasteiger partial charge in [-0.15, -0.1) is 0 Å². The summed E-state index contributed by atoms with van der Waals surface area (Å²) < 4.78 is 0. The third-order valence-corrected chi connectivity index (χ3v) is 0.830. The van der Waals surface area contributed by atoms with Crippen molar-refractivity contribution in [2.24, 2.45) is 0 Å². The zero-order valence-corrected chi connectivity index (χ0v) is 4.61. The van der Waals surface area contributed by atoms with Crippen molar-refractivity contribution >= 4 is 0 Å². The van der Waals surface area contributed by atoms with Crippen LogP contribution in [-0.4, -0.2) is 10.1 Å². The van der Waals surface area contributed by atoms with Crippen molar-refractivity contribution in [3.05, 3.63) is 34.7 Å². The number of nitrogens with zero attached hydrogens (tertiary/aromatic N) is 1. The first kappa shape index (κ1) is 5.75. The highest BCUT2D eigenvalue weighted by molar-refractivity contribution is 5.12. The molecule has 3 nitrogen and oxygen atoms in total. The normalized spacial score (nSPS) is 8.89. The van der Waals surface area contributed by atoms with E-state index in [-0.39, 0.29) is 12.7 Å². The molecular weight excluding hydrogens is 118 g/mol. The van der Waals surface area contributed by atoms with Crippen molar-refractivity contribution in [3.63, 3.8) is 0 Å². The molecule has 1 heterocycles. The lowest BCUT2D eigenvalue weighted by molar-refractivity contribution is 0.473. The van der Waals surface area contributed by atoms with Crippen LogP contribution in [0, 0.1) is 0 Å². The molecule has 0 amide bonds. The standard InChI is InChI=1S/C6H5NO2/c8-5-2-1-3-6(9)7-4-5/h1-4,8H/p+1. The van der Waals surface area contributed by atoms with Crippen molar-refractivity contribution in [2.75, 3.05) is 0 Å². The van der Waals surface area contributed by atoms with Crippen LogP contribution in [0.3, 0.4) is 0 Å². The van der Waals surface area contributed by atoms with Gasteiger partial charge in [-0.25, -0.2) is 4.98 Å². The van der Waals surface area contributed by atoms with Crippen LogP contribution in [0.2, 0.25) is 0 Å². The molecule has 0 aliphatic heterocycles. The van der Waals surface area contributed by atoms with Crippen molar-refractivity contribution < 1.29 is 6.53 Å². The van der Waals surface area contributed by atoms with Gasteiger partial charge in [-0.05, 0) is 6.07 Å². The minimum absolute atomic E-state index is 0. The summed E-state index contributed by atoms with van der Waals surface area (Å²) in [4.78, 5) is 13.7. The monoisotopic (exact) mass is 124 g/mol. The Balaban J connectivity index is 0.000000810.